The van der Waals surface area contributed by atoms with E-state index in [1.165, 1.54) is 13.0 Å². The van der Waals surface area contributed by atoms with Gasteiger partial charge in [0, 0.05) is 11.3 Å². The molecule has 0 aliphatic heterocycles. The van der Waals surface area contributed by atoms with Gasteiger partial charge in [0.2, 0.25) is 5.91 Å². The Bertz CT molecular complexity index is 1230. The van der Waals surface area contributed by atoms with Crippen LogP contribution in [0.25, 0.3) is 10.2 Å². The molecule has 0 unspecified atom stereocenters. The van der Waals surface area contributed by atoms with Crippen molar-refractivity contribution in [2.45, 2.75) is 44.8 Å². The molecule has 3 N–H and O–H groups in total. The number of thiophene rings is 1. The van der Waals surface area contributed by atoms with E-state index in [1.54, 1.807) is 0 Å². The quantitative estimate of drug-likeness (QED) is 0.519. The second kappa shape index (κ2) is 7.80. The largest absolute Gasteiger partial charge is 0.433 e. The van der Waals surface area contributed by atoms with Crippen LogP contribution in [0.4, 0.5) is 27.6 Å². The Labute approximate surface area is 181 Å². The highest BCUT2D eigenvalue weighted by Crippen LogP contribution is 2.41. The van der Waals surface area contributed by atoms with Crippen LogP contribution in [0.3, 0.4) is 0 Å². The Morgan fingerprint density at radius 2 is 2.00 bits per heavy atom. The molecule has 4 rings (SSSR count). The van der Waals surface area contributed by atoms with Gasteiger partial charge in [0.05, 0.1) is 11.4 Å². The molecule has 32 heavy (non-hydrogen) atoms. The number of pyridine rings is 1. The van der Waals surface area contributed by atoms with Crippen molar-refractivity contribution in [2.24, 2.45) is 5.73 Å². The number of nitrogens with zero attached hydrogens (tertiary/aromatic N) is 3. The van der Waals surface area contributed by atoms with Crippen molar-refractivity contribution >= 4 is 39.1 Å². The predicted octanol–water partition coefficient (Wildman–Crippen LogP) is 4.37. The second-order valence-corrected chi connectivity index (χ2v) is 8.45. The average Bonchev–Trinajstić information content (AvgIpc) is 3.33. The SMILES string of the molecule is Cc1cc(C(F)(F)F)nc2sc(C(N)=O)c(NC(=O)Cn3nc(C4CC4)cc3C(F)F)c12. The molecule has 7 nitrogen and oxygen atoms in total. The number of aromatic nitrogens is 3. The first-order valence-electron chi connectivity index (χ1n) is 9.42. The van der Waals surface area contributed by atoms with Crippen molar-refractivity contribution in [3.8, 4) is 0 Å². The first-order valence-corrected chi connectivity index (χ1v) is 10.2. The summed E-state index contributed by atoms with van der Waals surface area (Å²) in [4.78, 5) is 27.7. The summed E-state index contributed by atoms with van der Waals surface area (Å²) in [6, 6.07) is 2.05. The predicted molar refractivity (Wildman–Crippen MR) is 106 cm³/mol. The summed E-state index contributed by atoms with van der Waals surface area (Å²) >= 11 is 0.606. The number of hydrogen-bond donors (Lipinski definition) is 2. The van der Waals surface area contributed by atoms with Crippen molar-refractivity contribution in [3.05, 3.63) is 39.7 Å². The maximum Gasteiger partial charge on any atom is 0.433 e. The zero-order valence-corrected chi connectivity index (χ0v) is 17.3. The highest BCUT2D eigenvalue weighted by atomic mass is 32.1. The van der Waals surface area contributed by atoms with Crippen LogP contribution in [-0.2, 0) is 17.5 Å². The van der Waals surface area contributed by atoms with Gasteiger partial charge in [-0.15, -0.1) is 11.3 Å². The highest BCUT2D eigenvalue weighted by Gasteiger charge is 2.34. The Balaban J connectivity index is 1.69. The number of amides is 2. The third kappa shape index (κ3) is 4.16. The molecule has 3 aromatic heterocycles. The van der Waals surface area contributed by atoms with Gasteiger partial charge in [-0.05, 0) is 37.5 Å². The fourth-order valence-corrected chi connectivity index (χ4v) is 4.43. The molecule has 0 saturated heterocycles. The van der Waals surface area contributed by atoms with Crippen molar-refractivity contribution < 1.29 is 31.5 Å². The van der Waals surface area contributed by atoms with E-state index in [9.17, 15) is 31.5 Å². The summed E-state index contributed by atoms with van der Waals surface area (Å²) in [5.41, 5.74) is 4.27. The van der Waals surface area contributed by atoms with Gasteiger partial charge >= 0.3 is 6.18 Å². The number of hydrogen-bond acceptors (Lipinski definition) is 5. The summed E-state index contributed by atoms with van der Waals surface area (Å²) in [6.45, 7) is 0.797. The number of aryl methyl sites for hydroxylation is 1. The molecule has 13 heteroatoms. The zero-order valence-electron chi connectivity index (χ0n) is 16.5. The number of rotatable bonds is 6. The number of fused-ring (bicyclic) bond motifs is 1. The van der Waals surface area contributed by atoms with E-state index in [-0.39, 0.29) is 32.3 Å². The molecular weight excluding hydrogens is 457 g/mol. The lowest BCUT2D eigenvalue weighted by molar-refractivity contribution is -0.141. The third-order valence-electron chi connectivity index (χ3n) is 4.98. The monoisotopic (exact) mass is 473 g/mol. The Kier molecular flexibility index (Phi) is 5.39. The van der Waals surface area contributed by atoms with Crippen LogP contribution in [0.1, 0.15) is 57.5 Å². The smallest absolute Gasteiger partial charge is 0.365 e. The van der Waals surface area contributed by atoms with E-state index in [2.05, 4.69) is 15.4 Å². The van der Waals surface area contributed by atoms with E-state index in [1.807, 2.05) is 0 Å². The van der Waals surface area contributed by atoms with Gasteiger partial charge in [-0.3, -0.25) is 14.3 Å². The molecule has 2 amide bonds. The fraction of sp³-hybridized carbons (Fsp3) is 0.368. The van der Waals surface area contributed by atoms with Crippen LogP contribution in [0.15, 0.2) is 12.1 Å². The van der Waals surface area contributed by atoms with Crippen molar-refractivity contribution in [1.82, 2.24) is 14.8 Å². The molecule has 1 saturated carbocycles. The lowest BCUT2D eigenvalue weighted by Gasteiger charge is -2.11. The minimum Gasteiger partial charge on any atom is -0.365 e. The van der Waals surface area contributed by atoms with Gasteiger partial charge < -0.3 is 11.1 Å². The number of nitrogens with two attached hydrogens (primary N) is 1. The minimum absolute atomic E-state index is 0.0932. The van der Waals surface area contributed by atoms with Gasteiger partial charge in [-0.1, -0.05) is 0 Å². The van der Waals surface area contributed by atoms with E-state index < -0.39 is 42.3 Å². The Morgan fingerprint density at radius 3 is 2.56 bits per heavy atom. The van der Waals surface area contributed by atoms with Crippen LogP contribution in [0.5, 0.6) is 0 Å². The molecule has 0 radical (unpaired) electrons. The van der Waals surface area contributed by atoms with Crippen LogP contribution in [-0.4, -0.2) is 26.6 Å². The summed E-state index contributed by atoms with van der Waals surface area (Å²) in [5.74, 6) is -1.67. The first-order chi connectivity index (χ1) is 15.0. The standard InChI is InChI=1S/C19H16F5N5O2S/c1-7-4-11(19(22,23)24)26-18-13(7)14(15(32-18)17(25)31)27-12(30)6-29-10(16(20)21)5-9(28-29)8-2-3-8/h4-5,8,16H,2-3,6H2,1H3,(H2,25,31)(H,27,30). The van der Waals surface area contributed by atoms with Crippen molar-refractivity contribution in [3.63, 3.8) is 0 Å². The molecule has 3 heterocycles. The van der Waals surface area contributed by atoms with Gasteiger partial charge in [0.25, 0.3) is 12.3 Å². The normalized spacial score (nSPS) is 14.3. The van der Waals surface area contributed by atoms with Crippen LogP contribution >= 0.6 is 11.3 Å². The zero-order chi connectivity index (χ0) is 23.4. The van der Waals surface area contributed by atoms with Crippen LogP contribution < -0.4 is 11.1 Å². The first kappa shape index (κ1) is 22.1. The van der Waals surface area contributed by atoms with Gasteiger partial charge in [-0.2, -0.15) is 18.3 Å². The lowest BCUT2D eigenvalue weighted by Crippen LogP contribution is -2.22. The summed E-state index contributed by atoms with van der Waals surface area (Å²) < 4.78 is 66.9. The number of nitrogens with one attached hydrogen (secondary N) is 1. The summed E-state index contributed by atoms with van der Waals surface area (Å²) in [7, 11) is 0. The Hall–Kier alpha value is -3.09. The number of primary amides is 1. The molecule has 1 aliphatic carbocycles. The molecule has 3 aromatic rings. The molecule has 0 spiro atoms. The molecule has 0 aromatic carbocycles. The van der Waals surface area contributed by atoms with E-state index in [0.717, 1.165) is 23.6 Å². The summed E-state index contributed by atoms with van der Waals surface area (Å²) in [5, 5.41) is 6.64. The van der Waals surface area contributed by atoms with E-state index >= 15 is 0 Å². The fourth-order valence-electron chi connectivity index (χ4n) is 3.37. The summed E-state index contributed by atoms with van der Waals surface area (Å²) in [6.07, 6.45) is -5.88. The number of alkyl halides is 5. The maximum atomic E-state index is 13.4. The Morgan fingerprint density at radius 1 is 1.31 bits per heavy atom. The number of anilines is 1. The van der Waals surface area contributed by atoms with E-state index in [4.69, 9.17) is 5.73 Å². The third-order valence-corrected chi connectivity index (χ3v) is 6.08. The van der Waals surface area contributed by atoms with Crippen LogP contribution in [0, 0.1) is 6.92 Å². The molecule has 0 atom stereocenters. The topological polar surface area (TPSA) is 103 Å². The van der Waals surface area contributed by atoms with Crippen LogP contribution in [0.2, 0.25) is 0 Å². The molecule has 170 valence electrons. The molecule has 0 bridgehead atoms. The molecular formula is C19H16F5N5O2S. The van der Waals surface area contributed by atoms with E-state index in [0.29, 0.717) is 17.0 Å². The molecule has 1 aliphatic rings. The minimum atomic E-state index is -4.70. The average molecular weight is 473 g/mol. The lowest BCUT2D eigenvalue weighted by atomic mass is 10.1. The number of carbonyl (C=O) groups excluding carboxylic acids is 2. The van der Waals surface area contributed by atoms with Crippen molar-refractivity contribution in [1.29, 1.82) is 0 Å². The highest BCUT2D eigenvalue weighted by molar-refractivity contribution is 7.21. The van der Waals surface area contributed by atoms with Gasteiger partial charge in [-0.25, -0.2) is 13.8 Å². The second-order valence-electron chi connectivity index (χ2n) is 7.45. The number of carbonyl (C=O) groups is 2. The maximum absolute atomic E-state index is 13.4. The van der Waals surface area contributed by atoms with Gasteiger partial charge in [0.1, 0.15) is 27.6 Å². The molecule has 1 fully saturated rings. The number of halogens is 5. The van der Waals surface area contributed by atoms with Crippen molar-refractivity contribution in [2.75, 3.05) is 5.32 Å². The van der Waals surface area contributed by atoms with Gasteiger partial charge in [0.15, 0.2) is 0 Å².